The van der Waals surface area contributed by atoms with Gasteiger partial charge in [-0.25, -0.2) is 9.07 Å². The molecule has 0 aliphatic heterocycles. The number of hydrogen-bond acceptors (Lipinski definition) is 3. The van der Waals surface area contributed by atoms with E-state index in [0.29, 0.717) is 10.7 Å². The van der Waals surface area contributed by atoms with Crippen molar-refractivity contribution in [1.29, 1.82) is 0 Å². The molecule has 4 aromatic rings. The van der Waals surface area contributed by atoms with Crippen molar-refractivity contribution in [1.82, 2.24) is 9.78 Å². The van der Waals surface area contributed by atoms with E-state index < -0.39 is 0 Å². The number of nitrogens with one attached hydrogen (secondary N) is 1. The van der Waals surface area contributed by atoms with Crippen molar-refractivity contribution in [3.63, 3.8) is 0 Å². The first-order valence-electron chi connectivity index (χ1n) is 8.65. The molecule has 0 saturated heterocycles. The van der Waals surface area contributed by atoms with Crippen molar-refractivity contribution >= 4 is 23.5 Å². The van der Waals surface area contributed by atoms with Crippen molar-refractivity contribution in [2.45, 2.75) is 0 Å². The van der Waals surface area contributed by atoms with E-state index in [1.165, 1.54) is 12.1 Å². The minimum absolute atomic E-state index is 0.319. The normalized spacial score (nSPS) is 11.1. The number of rotatable bonds is 5. The molecule has 0 aliphatic rings. The second-order valence-corrected chi connectivity index (χ2v) is 6.54. The summed E-state index contributed by atoms with van der Waals surface area (Å²) in [6.45, 7) is 0. The molecule has 1 heterocycles. The first-order chi connectivity index (χ1) is 13.7. The molecule has 1 N–H and O–H groups in total. The molecule has 4 nitrogen and oxygen atoms in total. The number of hydrazone groups is 1. The summed E-state index contributed by atoms with van der Waals surface area (Å²) in [5.74, 6) is -0.319. The van der Waals surface area contributed by atoms with E-state index in [9.17, 15) is 4.39 Å². The van der Waals surface area contributed by atoms with Gasteiger partial charge >= 0.3 is 0 Å². The molecule has 6 heteroatoms. The summed E-state index contributed by atoms with van der Waals surface area (Å²) in [6, 6.07) is 23.4. The maximum Gasteiger partial charge on any atom is 0.125 e. The quantitative estimate of drug-likeness (QED) is 0.347. The van der Waals surface area contributed by atoms with Crippen molar-refractivity contribution in [3.8, 4) is 16.9 Å². The average molecular weight is 391 g/mol. The minimum atomic E-state index is -0.319. The Hall–Kier alpha value is -3.44. The highest BCUT2D eigenvalue weighted by molar-refractivity contribution is 6.30. The van der Waals surface area contributed by atoms with Crippen LogP contribution in [0.1, 0.15) is 5.56 Å². The first-order valence-corrected chi connectivity index (χ1v) is 9.02. The van der Waals surface area contributed by atoms with Crippen molar-refractivity contribution < 1.29 is 4.39 Å². The van der Waals surface area contributed by atoms with Gasteiger partial charge in [0.25, 0.3) is 0 Å². The summed E-state index contributed by atoms with van der Waals surface area (Å²) in [6.07, 6.45) is 3.56. The summed E-state index contributed by atoms with van der Waals surface area (Å²) in [7, 11) is 0. The van der Waals surface area contributed by atoms with Crippen LogP contribution in [0.3, 0.4) is 0 Å². The molecule has 0 spiro atoms. The third kappa shape index (κ3) is 4.10. The predicted molar refractivity (Wildman–Crippen MR) is 112 cm³/mol. The lowest BCUT2D eigenvalue weighted by atomic mass is 10.1. The van der Waals surface area contributed by atoms with E-state index in [-0.39, 0.29) is 5.82 Å². The van der Waals surface area contributed by atoms with Gasteiger partial charge in [-0.1, -0.05) is 48.0 Å². The van der Waals surface area contributed by atoms with E-state index in [0.717, 1.165) is 22.5 Å². The number of benzene rings is 3. The Morgan fingerprint density at radius 2 is 1.75 bits per heavy atom. The summed E-state index contributed by atoms with van der Waals surface area (Å²) < 4.78 is 15.1. The average Bonchev–Trinajstić information content (AvgIpc) is 3.13. The van der Waals surface area contributed by atoms with Gasteiger partial charge in [0.2, 0.25) is 0 Å². The van der Waals surface area contributed by atoms with Gasteiger partial charge in [-0.3, -0.25) is 5.43 Å². The fraction of sp³-hybridized carbons (Fsp3) is 0. The smallest absolute Gasteiger partial charge is 0.125 e. The van der Waals surface area contributed by atoms with Crippen LogP contribution >= 0.6 is 11.6 Å². The van der Waals surface area contributed by atoms with Gasteiger partial charge in [-0.15, -0.1) is 0 Å². The fourth-order valence-electron chi connectivity index (χ4n) is 2.76. The molecule has 0 fully saturated rings. The number of aromatic nitrogens is 2. The molecule has 0 bridgehead atoms. The third-order valence-corrected chi connectivity index (χ3v) is 4.35. The van der Waals surface area contributed by atoms with E-state index in [1.54, 1.807) is 23.0 Å². The van der Waals surface area contributed by atoms with Gasteiger partial charge in [-0.05, 0) is 42.5 Å². The SMILES string of the molecule is Fc1cccc(N/N=C/c2cn(-c3ccc(Cl)cc3)nc2-c2ccccc2)c1. The van der Waals surface area contributed by atoms with Crippen LogP contribution in [0, 0.1) is 5.82 Å². The van der Waals surface area contributed by atoms with Gasteiger partial charge in [0, 0.05) is 22.3 Å². The lowest BCUT2D eigenvalue weighted by Crippen LogP contribution is -1.94. The van der Waals surface area contributed by atoms with Gasteiger partial charge in [0.05, 0.1) is 17.6 Å². The zero-order chi connectivity index (χ0) is 19.3. The first kappa shape index (κ1) is 17.9. The van der Waals surface area contributed by atoms with Crippen LogP contribution in [0.5, 0.6) is 0 Å². The lowest BCUT2D eigenvalue weighted by molar-refractivity contribution is 0.628. The summed E-state index contributed by atoms with van der Waals surface area (Å²) in [4.78, 5) is 0. The molecular weight excluding hydrogens is 375 g/mol. The monoisotopic (exact) mass is 390 g/mol. The molecule has 138 valence electrons. The summed E-state index contributed by atoms with van der Waals surface area (Å²) in [5, 5.41) is 9.63. The van der Waals surface area contributed by atoms with Gasteiger partial charge in [0.1, 0.15) is 11.5 Å². The van der Waals surface area contributed by atoms with Crippen LogP contribution in [-0.4, -0.2) is 16.0 Å². The summed E-state index contributed by atoms with van der Waals surface area (Å²) in [5.41, 5.74) is 6.89. The molecule has 0 atom stereocenters. The van der Waals surface area contributed by atoms with Crippen molar-refractivity contribution in [2.24, 2.45) is 5.10 Å². The Balaban J connectivity index is 1.68. The molecule has 0 saturated carbocycles. The molecule has 3 aromatic carbocycles. The van der Waals surface area contributed by atoms with Crippen LogP contribution in [0.25, 0.3) is 16.9 Å². The highest BCUT2D eigenvalue weighted by atomic mass is 35.5. The lowest BCUT2D eigenvalue weighted by Gasteiger charge is -2.01. The van der Waals surface area contributed by atoms with E-state index >= 15 is 0 Å². The molecule has 0 amide bonds. The van der Waals surface area contributed by atoms with Crippen molar-refractivity contribution in [2.75, 3.05) is 5.43 Å². The fourth-order valence-corrected chi connectivity index (χ4v) is 2.89. The van der Waals surface area contributed by atoms with E-state index in [4.69, 9.17) is 16.7 Å². The second-order valence-electron chi connectivity index (χ2n) is 6.10. The number of hydrogen-bond donors (Lipinski definition) is 1. The third-order valence-electron chi connectivity index (χ3n) is 4.10. The minimum Gasteiger partial charge on any atom is -0.278 e. The van der Waals surface area contributed by atoms with Gasteiger partial charge in [-0.2, -0.15) is 10.2 Å². The second kappa shape index (κ2) is 8.06. The highest BCUT2D eigenvalue weighted by Crippen LogP contribution is 2.23. The van der Waals surface area contributed by atoms with Crippen molar-refractivity contribution in [3.05, 3.63) is 101 Å². The molecule has 28 heavy (non-hydrogen) atoms. The molecular formula is C22H16ClFN4. The molecule has 1 aromatic heterocycles. The molecule has 0 unspecified atom stereocenters. The number of halogens is 2. The van der Waals surface area contributed by atoms with Crippen LogP contribution in [0.4, 0.5) is 10.1 Å². The molecule has 4 rings (SSSR count). The Labute approximate surface area is 166 Å². The Kier molecular flexibility index (Phi) is 5.17. The number of nitrogens with zero attached hydrogens (tertiary/aromatic N) is 3. The van der Waals surface area contributed by atoms with Crippen LogP contribution in [0.15, 0.2) is 90.2 Å². The van der Waals surface area contributed by atoms with Crippen LogP contribution in [0.2, 0.25) is 5.02 Å². The van der Waals surface area contributed by atoms with Gasteiger partial charge in [0.15, 0.2) is 0 Å². The zero-order valence-electron chi connectivity index (χ0n) is 14.8. The van der Waals surface area contributed by atoms with Gasteiger partial charge < -0.3 is 0 Å². The topological polar surface area (TPSA) is 42.2 Å². The maximum atomic E-state index is 13.3. The standard InChI is InChI=1S/C22H16ClFN4/c23-18-9-11-21(12-10-18)28-15-17(22(27-28)16-5-2-1-3-6-16)14-25-26-20-8-4-7-19(24)13-20/h1-15,26H/b25-14+. The predicted octanol–water partition coefficient (Wildman–Crippen LogP) is 5.78. The van der Waals surface area contributed by atoms with Crippen LogP contribution < -0.4 is 5.43 Å². The zero-order valence-corrected chi connectivity index (χ0v) is 15.5. The molecule has 0 aliphatic carbocycles. The Bertz CT molecular complexity index is 1110. The van der Waals surface area contributed by atoms with E-state index in [1.807, 2.05) is 60.8 Å². The maximum absolute atomic E-state index is 13.3. The molecule has 0 radical (unpaired) electrons. The Morgan fingerprint density at radius 3 is 2.50 bits per heavy atom. The van der Waals surface area contributed by atoms with E-state index in [2.05, 4.69) is 10.5 Å². The largest absolute Gasteiger partial charge is 0.278 e. The number of anilines is 1. The van der Waals surface area contributed by atoms with Crippen LogP contribution in [-0.2, 0) is 0 Å². The summed E-state index contributed by atoms with van der Waals surface area (Å²) >= 11 is 5.98. The highest BCUT2D eigenvalue weighted by Gasteiger charge is 2.11. The Morgan fingerprint density at radius 1 is 0.964 bits per heavy atom.